The van der Waals surface area contributed by atoms with E-state index >= 15 is 0 Å². The molecule has 0 radical (unpaired) electrons. The highest BCUT2D eigenvalue weighted by atomic mass is 32.1. The van der Waals surface area contributed by atoms with Gasteiger partial charge in [0, 0.05) is 23.9 Å². The Morgan fingerprint density at radius 1 is 1.69 bits per heavy atom. The Balaban J connectivity index is 1.95. The van der Waals surface area contributed by atoms with E-state index in [-0.39, 0.29) is 0 Å². The monoisotopic (exact) mass is 240 g/mol. The fourth-order valence-electron chi connectivity index (χ4n) is 1.88. The van der Waals surface area contributed by atoms with Gasteiger partial charge >= 0.3 is 0 Å². The molecule has 2 atom stereocenters. The van der Waals surface area contributed by atoms with Crippen molar-refractivity contribution in [2.24, 2.45) is 0 Å². The van der Waals surface area contributed by atoms with E-state index in [1.54, 1.807) is 11.3 Å². The van der Waals surface area contributed by atoms with E-state index in [9.17, 15) is 0 Å². The zero-order chi connectivity index (χ0) is 11.4. The molecule has 1 aromatic rings. The Morgan fingerprint density at radius 3 is 3.25 bits per heavy atom. The van der Waals surface area contributed by atoms with E-state index in [1.165, 1.54) is 10.7 Å². The van der Waals surface area contributed by atoms with Crippen LogP contribution in [-0.2, 0) is 4.74 Å². The standard InChI is InChI=1S/C12H20N2OS/c1-3-5-13-9(2)11-8-16-12(14-11)10-4-6-15-7-10/h8-10,13H,3-7H2,1-2H3. The van der Waals surface area contributed by atoms with Gasteiger partial charge in [-0.15, -0.1) is 11.3 Å². The summed E-state index contributed by atoms with van der Waals surface area (Å²) in [6.07, 6.45) is 2.29. The maximum atomic E-state index is 5.40. The molecule has 1 aliphatic heterocycles. The molecule has 1 aliphatic rings. The van der Waals surface area contributed by atoms with Crippen molar-refractivity contribution in [3.63, 3.8) is 0 Å². The number of hydrogen-bond donors (Lipinski definition) is 1. The average molecular weight is 240 g/mol. The van der Waals surface area contributed by atoms with Gasteiger partial charge in [0.25, 0.3) is 0 Å². The van der Waals surface area contributed by atoms with Gasteiger partial charge in [0.15, 0.2) is 0 Å². The molecule has 16 heavy (non-hydrogen) atoms. The van der Waals surface area contributed by atoms with Crippen molar-refractivity contribution < 1.29 is 4.74 Å². The van der Waals surface area contributed by atoms with Crippen molar-refractivity contribution in [1.82, 2.24) is 10.3 Å². The molecule has 2 unspecified atom stereocenters. The van der Waals surface area contributed by atoms with Crippen LogP contribution in [0.25, 0.3) is 0 Å². The lowest BCUT2D eigenvalue weighted by Gasteiger charge is -2.10. The Morgan fingerprint density at radius 2 is 2.56 bits per heavy atom. The van der Waals surface area contributed by atoms with Gasteiger partial charge in [-0.25, -0.2) is 4.98 Å². The van der Waals surface area contributed by atoms with Crippen LogP contribution in [0.15, 0.2) is 5.38 Å². The second kappa shape index (κ2) is 5.75. The van der Waals surface area contributed by atoms with Gasteiger partial charge < -0.3 is 10.1 Å². The first kappa shape index (κ1) is 12.0. The number of nitrogens with one attached hydrogen (secondary N) is 1. The molecule has 0 saturated carbocycles. The molecular formula is C12H20N2OS. The van der Waals surface area contributed by atoms with Gasteiger partial charge in [-0.2, -0.15) is 0 Å². The normalized spacial score (nSPS) is 22.5. The maximum Gasteiger partial charge on any atom is 0.0983 e. The van der Waals surface area contributed by atoms with Gasteiger partial charge in [0.1, 0.15) is 0 Å². The SMILES string of the molecule is CCCNC(C)c1csc(C2CCOC2)n1. The van der Waals surface area contributed by atoms with Crippen LogP contribution >= 0.6 is 11.3 Å². The fraction of sp³-hybridized carbons (Fsp3) is 0.750. The Bertz CT molecular complexity index is 321. The van der Waals surface area contributed by atoms with Crippen molar-refractivity contribution >= 4 is 11.3 Å². The lowest BCUT2D eigenvalue weighted by atomic mass is 10.1. The van der Waals surface area contributed by atoms with Crippen LogP contribution in [0.3, 0.4) is 0 Å². The Kier molecular flexibility index (Phi) is 4.32. The van der Waals surface area contributed by atoms with Crippen molar-refractivity contribution in [2.75, 3.05) is 19.8 Å². The van der Waals surface area contributed by atoms with Crippen LogP contribution in [0.5, 0.6) is 0 Å². The van der Waals surface area contributed by atoms with E-state index in [4.69, 9.17) is 9.72 Å². The summed E-state index contributed by atoms with van der Waals surface area (Å²) in [6, 6.07) is 0.368. The summed E-state index contributed by atoms with van der Waals surface area (Å²) in [5, 5.41) is 6.89. The van der Waals surface area contributed by atoms with E-state index in [2.05, 4.69) is 24.5 Å². The molecule has 1 fully saturated rings. The molecule has 90 valence electrons. The predicted octanol–water partition coefficient (Wildman–Crippen LogP) is 2.71. The van der Waals surface area contributed by atoms with E-state index in [0.717, 1.165) is 32.6 Å². The number of ether oxygens (including phenoxy) is 1. The molecule has 3 nitrogen and oxygen atoms in total. The lowest BCUT2D eigenvalue weighted by Crippen LogP contribution is -2.19. The van der Waals surface area contributed by atoms with Crippen molar-refractivity contribution in [1.29, 1.82) is 0 Å². The Hall–Kier alpha value is -0.450. The molecule has 1 aromatic heterocycles. The minimum Gasteiger partial charge on any atom is -0.381 e. The van der Waals surface area contributed by atoms with Crippen LogP contribution in [0.2, 0.25) is 0 Å². The molecule has 1 saturated heterocycles. The number of rotatable bonds is 5. The number of nitrogens with zero attached hydrogens (tertiary/aromatic N) is 1. The number of aromatic nitrogens is 1. The van der Waals surface area contributed by atoms with Gasteiger partial charge in [-0.05, 0) is 26.3 Å². The first-order chi connectivity index (χ1) is 7.81. The van der Waals surface area contributed by atoms with Gasteiger partial charge in [0.2, 0.25) is 0 Å². The largest absolute Gasteiger partial charge is 0.381 e. The van der Waals surface area contributed by atoms with Crippen molar-refractivity contribution in [3.05, 3.63) is 16.1 Å². The molecule has 0 aliphatic carbocycles. The molecular weight excluding hydrogens is 220 g/mol. The average Bonchev–Trinajstić information content (AvgIpc) is 2.94. The third-order valence-corrected chi connectivity index (χ3v) is 3.99. The predicted molar refractivity (Wildman–Crippen MR) is 67.0 cm³/mol. The molecule has 2 heterocycles. The first-order valence-electron chi connectivity index (χ1n) is 6.07. The molecule has 0 amide bonds. The Labute approximate surface area is 101 Å². The van der Waals surface area contributed by atoms with Crippen molar-refractivity contribution in [3.8, 4) is 0 Å². The third kappa shape index (κ3) is 2.81. The molecule has 0 bridgehead atoms. The highest BCUT2D eigenvalue weighted by molar-refractivity contribution is 7.09. The summed E-state index contributed by atoms with van der Waals surface area (Å²) >= 11 is 1.78. The summed E-state index contributed by atoms with van der Waals surface area (Å²) in [5.41, 5.74) is 1.18. The minimum absolute atomic E-state index is 0.368. The first-order valence-corrected chi connectivity index (χ1v) is 6.95. The summed E-state index contributed by atoms with van der Waals surface area (Å²) in [6.45, 7) is 7.16. The molecule has 0 spiro atoms. The van der Waals surface area contributed by atoms with E-state index < -0.39 is 0 Å². The van der Waals surface area contributed by atoms with E-state index in [1.807, 2.05) is 0 Å². The second-order valence-electron chi connectivity index (χ2n) is 4.35. The van der Waals surface area contributed by atoms with Crippen LogP contribution in [-0.4, -0.2) is 24.7 Å². The van der Waals surface area contributed by atoms with E-state index in [0.29, 0.717) is 12.0 Å². The third-order valence-electron chi connectivity index (χ3n) is 2.96. The highest BCUT2D eigenvalue weighted by Crippen LogP contribution is 2.29. The van der Waals surface area contributed by atoms with Crippen LogP contribution in [0.1, 0.15) is 49.4 Å². The van der Waals surface area contributed by atoms with Crippen LogP contribution in [0, 0.1) is 0 Å². The number of hydrogen-bond acceptors (Lipinski definition) is 4. The highest BCUT2D eigenvalue weighted by Gasteiger charge is 2.21. The summed E-state index contributed by atoms with van der Waals surface area (Å²) in [7, 11) is 0. The quantitative estimate of drug-likeness (QED) is 0.859. The zero-order valence-electron chi connectivity index (χ0n) is 10.0. The smallest absolute Gasteiger partial charge is 0.0983 e. The maximum absolute atomic E-state index is 5.40. The molecule has 4 heteroatoms. The number of thiazole rings is 1. The topological polar surface area (TPSA) is 34.1 Å². The zero-order valence-corrected chi connectivity index (χ0v) is 10.8. The lowest BCUT2D eigenvalue weighted by molar-refractivity contribution is 0.194. The molecule has 1 N–H and O–H groups in total. The van der Waals surface area contributed by atoms with Gasteiger partial charge in [0.05, 0.1) is 17.3 Å². The van der Waals surface area contributed by atoms with Crippen molar-refractivity contribution in [2.45, 2.75) is 38.6 Å². The summed E-state index contributed by atoms with van der Waals surface area (Å²) in [4.78, 5) is 4.72. The molecule has 0 aromatic carbocycles. The molecule has 2 rings (SSSR count). The van der Waals surface area contributed by atoms with Gasteiger partial charge in [-0.1, -0.05) is 6.92 Å². The minimum atomic E-state index is 0.368. The fourth-order valence-corrected chi connectivity index (χ4v) is 2.92. The van der Waals surface area contributed by atoms with Crippen LogP contribution < -0.4 is 5.32 Å². The van der Waals surface area contributed by atoms with Crippen LogP contribution in [0.4, 0.5) is 0 Å². The summed E-state index contributed by atoms with van der Waals surface area (Å²) < 4.78 is 5.40. The second-order valence-corrected chi connectivity index (χ2v) is 5.24. The summed E-state index contributed by atoms with van der Waals surface area (Å²) in [5.74, 6) is 0.539. The van der Waals surface area contributed by atoms with Gasteiger partial charge in [-0.3, -0.25) is 0 Å².